The Morgan fingerprint density at radius 1 is 1.14 bits per heavy atom. The van der Waals surface area contributed by atoms with Crippen LogP contribution in [0.2, 0.25) is 5.02 Å². The fraction of sp³-hybridized carbons (Fsp3) is 0.278. The third-order valence-corrected chi connectivity index (χ3v) is 3.91. The number of hydrogen-bond acceptors (Lipinski definition) is 1. The number of aryl methyl sites for hydroxylation is 2. The quantitative estimate of drug-likeness (QED) is 0.873. The Bertz CT molecular complexity index is 670. The summed E-state index contributed by atoms with van der Waals surface area (Å²) in [6, 6.07) is 13.7. The first-order chi connectivity index (χ1) is 10.5. The molecule has 0 spiro atoms. The highest BCUT2D eigenvalue weighted by Crippen LogP contribution is 2.19. The average Bonchev–Trinajstić information content (AvgIpc) is 2.44. The number of carbonyl (C=O) groups is 1. The molecule has 4 heteroatoms. The molecule has 1 atom stereocenters. The predicted octanol–water partition coefficient (Wildman–Crippen LogP) is 2.61. The normalized spacial score (nSPS) is 12.0. The zero-order chi connectivity index (χ0) is 16.1. The molecule has 0 bridgehead atoms. The lowest BCUT2D eigenvalue weighted by molar-refractivity contribution is -0.885. The van der Waals surface area contributed by atoms with Crippen LogP contribution in [0, 0.1) is 13.8 Å². The second-order valence-electron chi connectivity index (χ2n) is 5.74. The summed E-state index contributed by atoms with van der Waals surface area (Å²) in [4.78, 5) is 13.3. The summed E-state index contributed by atoms with van der Waals surface area (Å²) in [5.41, 5.74) is 4.32. The van der Waals surface area contributed by atoms with Crippen LogP contribution >= 0.6 is 11.6 Å². The van der Waals surface area contributed by atoms with Gasteiger partial charge in [-0.25, -0.2) is 0 Å². The number of benzene rings is 2. The molecule has 2 aromatic carbocycles. The predicted molar refractivity (Wildman–Crippen MR) is 91.5 cm³/mol. The standard InChI is InChI=1S/C18H21ClN2O/c1-13-6-4-5-7-15(13)11-21(3)12-18(22)20-17-9-8-16(19)10-14(17)2/h4-10H,11-12H2,1-3H3,(H,20,22)/p+1. The summed E-state index contributed by atoms with van der Waals surface area (Å²) in [7, 11) is 2.03. The molecule has 0 aliphatic rings. The molecule has 0 radical (unpaired) electrons. The van der Waals surface area contributed by atoms with E-state index in [1.807, 2.05) is 38.2 Å². The molecule has 2 rings (SSSR count). The van der Waals surface area contributed by atoms with E-state index in [2.05, 4.69) is 24.4 Å². The van der Waals surface area contributed by atoms with Crippen molar-refractivity contribution in [3.8, 4) is 0 Å². The van der Waals surface area contributed by atoms with Crippen LogP contribution in [0.15, 0.2) is 42.5 Å². The molecular formula is C18H22ClN2O+. The number of carbonyl (C=O) groups excluding carboxylic acids is 1. The van der Waals surface area contributed by atoms with E-state index in [-0.39, 0.29) is 5.91 Å². The third-order valence-electron chi connectivity index (χ3n) is 3.68. The zero-order valence-electron chi connectivity index (χ0n) is 13.2. The maximum Gasteiger partial charge on any atom is 0.279 e. The summed E-state index contributed by atoms with van der Waals surface area (Å²) in [6.07, 6.45) is 0. The van der Waals surface area contributed by atoms with Crippen LogP contribution in [0.1, 0.15) is 16.7 Å². The van der Waals surface area contributed by atoms with Crippen molar-refractivity contribution in [1.29, 1.82) is 0 Å². The highest BCUT2D eigenvalue weighted by molar-refractivity contribution is 6.30. The van der Waals surface area contributed by atoms with Gasteiger partial charge in [0.2, 0.25) is 0 Å². The summed E-state index contributed by atoms with van der Waals surface area (Å²) in [5.74, 6) is 0.0107. The number of amides is 1. The highest BCUT2D eigenvalue weighted by atomic mass is 35.5. The van der Waals surface area contributed by atoms with Gasteiger partial charge in [0, 0.05) is 16.3 Å². The van der Waals surface area contributed by atoms with Crippen LogP contribution in [0.3, 0.4) is 0 Å². The molecule has 0 saturated heterocycles. The molecule has 3 nitrogen and oxygen atoms in total. The SMILES string of the molecule is Cc1ccccc1C[NH+](C)CC(=O)Nc1ccc(Cl)cc1C. The first-order valence-corrected chi connectivity index (χ1v) is 7.75. The summed E-state index contributed by atoms with van der Waals surface area (Å²) >= 11 is 5.93. The van der Waals surface area contributed by atoms with E-state index in [0.29, 0.717) is 11.6 Å². The van der Waals surface area contributed by atoms with Crippen LogP contribution in [0.25, 0.3) is 0 Å². The molecule has 116 valence electrons. The van der Waals surface area contributed by atoms with Gasteiger partial charge < -0.3 is 10.2 Å². The van der Waals surface area contributed by atoms with E-state index in [4.69, 9.17) is 11.6 Å². The maximum absolute atomic E-state index is 12.2. The van der Waals surface area contributed by atoms with Gasteiger partial charge >= 0.3 is 0 Å². The molecule has 0 aliphatic heterocycles. The van der Waals surface area contributed by atoms with Crippen LogP contribution in [-0.4, -0.2) is 19.5 Å². The largest absolute Gasteiger partial charge is 0.326 e. The Kier molecular flexibility index (Phi) is 5.58. The number of rotatable bonds is 5. The van der Waals surface area contributed by atoms with E-state index in [0.717, 1.165) is 22.7 Å². The zero-order valence-corrected chi connectivity index (χ0v) is 14.0. The molecule has 1 amide bonds. The Morgan fingerprint density at radius 3 is 2.55 bits per heavy atom. The fourth-order valence-electron chi connectivity index (χ4n) is 2.43. The van der Waals surface area contributed by atoms with Gasteiger partial charge in [0.25, 0.3) is 5.91 Å². The molecular weight excluding hydrogens is 296 g/mol. The average molecular weight is 318 g/mol. The highest BCUT2D eigenvalue weighted by Gasteiger charge is 2.12. The minimum Gasteiger partial charge on any atom is -0.326 e. The van der Waals surface area contributed by atoms with E-state index >= 15 is 0 Å². The minimum atomic E-state index is 0.0107. The smallest absolute Gasteiger partial charge is 0.279 e. The second kappa shape index (κ2) is 7.43. The van der Waals surface area contributed by atoms with Crippen molar-refractivity contribution in [2.24, 2.45) is 0 Å². The van der Waals surface area contributed by atoms with E-state index in [9.17, 15) is 4.79 Å². The van der Waals surface area contributed by atoms with Crippen molar-refractivity contribution in [3.63, 3.8) is 0 Å². The van der Waals surface area contributed by atoms with Gasteiger partial charge in [-0.2, -0.15) is 0 Å². The van der Waals surface area contributed by atoms with Crippen molar-refractivity contribution in [3.05, 3.63) is 64.2 Å². The molecule has 0 heterocycles. The third kappa shape index (κ3) is 4.58. The van der Waals surface area contributed by atoms with Crippen LogP contribution in [0.5, 0.6) is 0 Å². The molecule has 2 N–H and O–H groups in total. The number of nitrogens with one attached hydrogen (secondary N) is 2. The van der Waals surface area contributed by atoms with Crippen molar-refractivity contribution in [2.75, 3.05) is 18.9 Å². The van der Waals surface area contributed by atoms with Gasteiger partial charge in [0.05, 0.1) is 7.05 Å². The Labute approximate surface area is 136 Å². The number of anilines is 1. The topological polar surface area (TPSA) is 33.5 Å². The van der Waals surface area contributed by atoms with Gasteiger partial charge in [-0.15, -0.1) is 0 Å². The van der Waals surface area contributed by atoms with E-state index < -0.39 is 0 Å². The van der Waals surface area contributed by atoms with Crippen molar-refractivity contribution in [1.82, 2.24) is 0 Å². The molecule has 2 aromatic rings. The van der Waals surface area contributed by atoms with Gasteiger partial charge in [-0.1, -0.05) is 35.9 Å². The molecule has 0 fully saturated rings. The van der Waals surface area contributed by atoms with Gasteiger partial charge in [0.15, 0.2) is 6.54 Å². The lowest BCUT2D eigenvalue weighted by atomic mass is 10.1. The first-order valence-electron chi connectivity index (χ1n) is 7.37. The Morgan fingerprint density at radius 2 is 1.86 bits per heavy atom. The molecule has 0 aliphatic carbocycles. The molecule has 0 aromatic heterocycles. The van der Waals surface area contributed by atoms with Crippen molar-refractivity contribution in [2.45, 2.75) is 20.4 Å². The fourth-order valence-corrected chi connectivity index (χ4v) is 2.66. The van der Waals surface area contributed by atoms with Crippen LogP contribution < -0.4 is 10.2 Å². The maximum atomic E-state index is 12.2. The number of halogens is 1. The van der Waals surface area contributed by atoms with E-state index in [1.165, 1.54) is 11.1 Å². The molecule has 1 unspecified atom stereocenters. The monoisotopic (exact) mass is 317 g/mol. The first kappa shape index (κ1) is 16.5. The van der Waals surface area contributed by atoms with Gasteiger partial charge in [-0.3, -0.25) is 4.79 Å². The lowest BCUT2D eigenvalue weighted by Crippen LogP contribution is -3.08. The lowest BCUT2D eigenvalue weighted by Gasteiger charge is -2.16. The number of hydrogen-bond donors (Lipinski definition) is 2. The van der Waals surface area contributed by atoms with Crippen LogP contribution in [0.4, 0.5) is 5.69 Å². The van der Waals surface area contributed by atoms with Gasteiger partial charge in [0.1, 0.15) is 6.54 Å². The van der Waals surface area contributed by atoms with Crippen molar-refractivity contribution >= 4 is 23.2 Å². The minimum absolute atomic E-state index is 0.0107. The molecule has 22 heavy (non-hydrogen) atoms. The summed E-state index contributed by atoms with van der Waals surface area (Å²) < 4.78 is 0. The number of likely N-dealkylation sites (N-methyl/N-ethyl adjacent to an activating group) is 1. The summed E-state index contributed by atoms with van der Waals surface area (Å²) in [5, 5.41) is 3.63. The second-order valence-corrected chi connectivity index (χ2v) is 6.18. The Hall–Kier alpha value is -1.84. The summed E-state index contributed by atoms with van der Waals surface area (Å²) in [6.45, 7) is 5.29. The number of quaternary nitrogens is 1. The Balaban J connectivity index is 1.93. The van der Waals surface area contributed by atoms with Crippen molar-refractivity contribution < 1.29 is 9.69 Å². The van der Waals surface area contributed by atoms with E-state index in [1.54, 1.807) is 6.07 Å². The van der Waals surface area contributed by atoms with Gasteiger partial charge in [-0.05, 0) is 43.2 Å². The molecule has 0 saturated carbocycles. The van der Waals surface area contributed by atoms with Crippen LogP contribution in [-0.2, 0) is 11.3 Å².